The molecule has 3 rings (SSSR count). The molecule has 1 aromatic carbocycles. The van der Waals surface area contributed by atoms with Gasteiger partial charge in [-0.2, -0.15) is 0 Å². The van der Waals surface area contributed by atoms with Crippen LogP contribution in [0.4, 0.5) is 0 Å². The monoisotopic (exact) mass is 321 g/mol. The summed E-state index contributed by atoms with van der Waals surface area (Å²) in [4.78, 5) is 28.0. The average molecular weight is 322 g/mol. The van der Waals surface area contributed by atoms with Crippen LogP contribution < -0.4 is 11.3 Å². The van der Waals surface area contributed by atoms with Crippen molar-refractivity contribution >= 4 is 32.7 Å². The zero-order valence-corrected chi connectivity index (χ0v) is 11.7. The van der Waals surface area contributed by atoms with Gasteiger partial charge in [-0.25, -0.2) is 4.98 Å². The molecule has 0 atom stereocenters. The molecule has 19 heavy (non-hydrogen) atoms. The number of primary amides is 1. The van der Waals surface area contributed by atoms with Gasteiger partial charge in [0.25, 0.3) is 5.56 Å². The summed E-state index contributed by atoms with van der Waals surface area (Å²) in [7, 11) is 0. The van der Waals surface area contributed by atoms with Crippen molar-refractivity contribution in [1.82, 2.24) is 9.55 Å². The summed E-state index contributed by atoms with van der Waals surface area (Å²) in [5.74, 6) is -0.339. The second-order valence-corrected chi connectivity index (χ2v) is 5.90. The largest absolute Gasteiger partial charge is 0.369 e. The first kappa shape index (κ1) is 12.3. The third kappa shape index (κ3) is 2.06. The van der Waals surface area contributed by atoms with Crippen LogP contribution in [0.15, 0.2) is 33.8 Å². The predicted octanol–water partition coefficient (Wildman–Crippen LogP) is 1.42. The van der Waals surface area contributed by atoms with Crippen molar-refractivity contribution in [1.29, 1.82) is 0 Å². The van der Waals surface area contributed by atoms with E-state index in [0.717, 1.165) is 17.3 Å². The SMILES string of the molecule is NC(=O)C1(Cn2cnc3ccc(Br)cc3c2=O)CC1. The van der Waals surface area contributed by atoms with E-state index in [1.807, 2.05) is 6.07 Å². The third-order valence-electron chi connectivity index (χ3n) is 3.64. The Hall–Kier alpha value is -1.69. The van der Waals surface area contributed by atoms with Gasteiger partial charge in [-0.3, -0.25) is 14.2 Å². The Morgan fingerprint density at radius 1 is 1.47 bits per heavy atom. The van der Waals surface area contributed by atoms with Crippen molar-refractivity contribution in [3.8, 4) is 0 Å². The Balaban J connectivity index is 2.08. The minimum atomic E-state index is -0.550. The summed E-state index contributed by atoms with van der Waals surface area (Å²) in [6.07, 6.45) is 2.97. The van der Waals surface area contributed by atoms with E-state index in [2.05, 4.69) is 20.9 Å². The summed E-state index contributed by atoms with van der Waals surface area (Å²) < 4.78 is 2.31. The number of hydrogen-bond acceptors (Lipinski definition) is 3. The summed E-state index contributed by atoms with van der Waals surface area (Å²) in [5, 5.41) is 0.539. The second kappa shape index (κ2) is 4.16. The van der Waals surface area contributed by atoms with Crippen LogP contribution in [0.2, 0.25) is 0 Å². The van der Waals surface area contributed by atoms with Crippen LogP contribution in [-0.2, 0) is 11.3 Å². The Bertz CT molecular complexity index is 734. The van der Waals surface area contributed by atoms with Gasteiger partial charge in [-0.15, -0.1) is 0 Å². The van der Waals surface area contributed by atoms with Gasteiger partial charge in [0.15, 0.2) is 0 Å². The standard InChI is InChI=1S/C13H12BrN3O2/c14-8-1-2-10-9(5-8)11(18)17(7-16-10)6-13(3-4-13)12(15)19/h1-2,5,7H,3-4,6H2,(H2,15,19). The van der Waals surface area contributed by atoms with Gasteiger partial charge in [0.1, 0.15) is 0 Å². The Kier molecular flexibility index (Phi) is 2.70. The number of carbonyl (C=O) groups excluding carboxylic acids is 1. The van der Waals surface area contributed by atoms with E-state index >= 15 is 0 Å². The lowest BCUT2D eigenvalue weighted by Gasteiger charge is -2.13. The molecule has 0 spiro atoms. The van der Waals surface area contributed by atoms with Crippen LogP contribution >= 0.6 is 15.9 Å². The minimum absolute atomic E-state index is 0.140. The van der Waals surface area contributed by atoms with Crippen molar-refractivity contribution in [3.05, 3.63) is 39.4 Å². The van der Waals surface area contributed by atoms with Crippen molar-refractivity contribution in [2.24, 2.45) is 11.1 Å². The number of carbonyl (C=O) groups is 1. The molecule has 2 aromatic rings. The third-order valence-corrected chi connectivity index (χ3v) is 4.13. The van der Waals surface area contributed by atoms with E-state index in [1.54, 1.807) is 12.1 Å². The summed E-state index contributed by atoms with van der Waals surface area (Å²) in [6.45, 7) is 0.316. The maximum Gasteiger partial charge on any atom is 0.261 e. The predicted molar refractivity (Wildman–Crippen MR) is 74.6 cm³/mol. The molecule has 98 valence electrons. The first-order valence-electron chi connectivity index (χ1n) is 5.96. The highest BCUT2D eigenvalue weighted by atomic mass is 79.9. The highest BCUT2D eigenvalue weighted by Gasteiger charge is 2.48. The molecule has 1 aliphatic carbocycles. The maximum absolute atomic E-state index is 12.4. The maximum atomic E-state index is 12.4. The highest BCUT2D eigenvalue weighted by Crippen LogP contribution is 2.46. The van der Waals surface area contributed by atoms with Gasteiger partial charge in [-0.1, -0.05) is 15.9 Å². The van der Waals surface area contributed by atoms with Crippen LogP contribution in [0.25, 0.3) is 10.9 Å². The molecule has 0 unspecified atom stereocenters. The summed E-state index contributed by atoms with van der Waals surface area (Å²) in [6, 6.07) is 5.36. The molecule has 0 bridgehead atoms. The lowest BCUT2D eigenvalue weighted by atomic mass is 10.1. The van der Waals surface area contributed by atoms with Gasteiger partial charge in [-0.05, 0) is 31.0 Å². The summed E-state index contributed by atoms with van der Waals surface area (Å²) >= 11 is 3.34. The Morgan fingerprint density at radius 2 is 2.21 bits per heavy atom. The minimum Gasteiger partial charge on any atom is -0.369 e. The number of nitrogens with two attached hydrogens (primary N) is 1. The van der Waals surface area contributed by atoms with E-state index in [-0.39, 0.29) is 11.5 Å². The molecule has 0 aliphatic heterocycles. The topological polar surface area (TPSA) is 78.0 Å². The van der Waals surface area contributed by atoms with E-state index in [0.29, 0.717) is 17.4 Å². The van der Waals surface area contributed by atoms with Gasteiger partial charge in [0.2, 0.25) is 5.91 Å². The molecule has 1 aliphatic rings. The van der Waals surface area contributed by atoms with E-state index in [4.69, 9.17) is 5.73 Å². The van der Waals surface area contributed by atoms with E-state index in [1.165, 1.54) is 10.9 Å². The lowest BCUT2D eigenvalue weighted by molar-refractivity contribution is -0.123. The average Bonchev–Trinajstić information content (AvgIpc) is 3.15. The Labute approximate surface area is 117 Å². The number of nitrogens with zero attached hydrogens (tertiary/aromatic N) is 2. The molecular formula is C13H12BrN3O2. The highest BCUT2D eigenvalue weighted by molar-refractivity contribution is 9.10. The summed E-state index contributed by atoms with van der Waals surface area (Å²) in [5.41, 5.74) is 5.34. The molecule has 1 heterocycles. The first-order chi connectivity index (χ1) is 9.02. The van der Waals surface area contributed by atoms with Crippen LogP contribution in [0.1, 0.15) is 12.8 Å². The quantitative estimate of drug-likeness (QED) is 0.928. The van der Waals surface area contributed by atoms with Gasteiger partial charge < -0.3 is 5.73 Å². The number of rotatable bonds is 3. The molecule has 5 nitrogen and oxygen atoms in total. The molecule has 1 saturated carbocycles. The smallest absolute Gasteiger partial charge is 0.261 e. The number of aromatic nitrogens is 2. The number of amides is 1. The second-order valence-electron chi connectivity index (χ2n) is 4.98. The molecular weight excluding hydrogens is 310 g/mol. The molecule has 1 aromatic heterocycles. The zero-order chi connectivity index (χ0) is 13.6. The van der Waals surface area contributed by atoms with Crippen molar-refractivity contribution in [2.75, 3.05) is 0 Å². The van der Waals surface area contributed by atoms with Crippen LogP contribution in [0.5, 0.6) is 0 Å². The number of benzene rings is 1. The van der Waals surface area contributed by atoms with Crippen LogP contribution in [0.3, 0.4) is 0 Å². The normalized spacial score (nSPS) is 16.5. The molecule has 1 fully saturated rings. The van der Waals surface area contributed by atoms with Crippen LogP contribution in [0, 0.1) is 5.41 Å². The fourth-order valence-electron chi connectivity index (χ4n) is 2.20. The molecule has 0 radical (unpaired) electrons. The van der Waals surface area contributed by atoms with Gasteiger partial charge in [0.05, 0.1) is 22.6 Å². The number of hydrogen-bond donors (Lipinski definition) is 1. The Morgan fingerprint density at radius 3 is 2.84 bits per heavy atom. The number of halogens is 1. The van der Waals surface area contributed by atoms with Crippen LogP contribution in [-0.4, -0.2) is 15.5 Å². The van der Waals surface area contributed by atoms with Crippen molar-refractivity contribution in [2.45, 2.75) is 19.4 Å². The van der Waals surface area contributed by atoms with Crippen molar-refractivity contribution in [3.63, 3.8) is 0 Å². The molecule has 6 heteroatoms. The first-order valence-corrected chi connectivity index (χ1v) is 6.76. The van der Waals surface area contributed by atoms with Gasteiger partial charge in [0, 0.05) is 11.0 Å². The van der Waals surface area contributed by atoms with Gasteiger partial charge >= 0.3 is 0 Å². The number of fused-ring (bicyclic) bond motifs is 1. The zero-order valence-electron chi connectivity index (χ0n) is 10.1. The van der Waals surface area contributed by atoms with Crippen molar-refractivity contribution < 1.29 is 4.79 Å². The fraction of sp³-hybridized carbons (Fsp3) is 0.308. The van der Waals surface area contributed by atoms with E-state index in [9.17, 15) is 9.59 Å². The lowest BCUT2D eigenvalue weighted by Crippen LogP contribution is -2.33. The molecule has 2 N–H and O–H groups in total. The van der Waals surface area contributed by atoms with E-state index < -0.39 is 5.41 Å². The fourth-order valence-corrected chi connectivity index (χ4v) is 2.56. The molecule has 1 amide bonds. The molecule has 0 saturated heterocycles.